The van der Waals surface area contributed by atoms with Gasteiger partial charge in [-0.2, -0.15) is 0 Å². The molecule has 0 aromatic heterocycles. The highest BCUT2D eigenvalue weighted by atomic mass is 35.5. The van der Waals surface area contributed by atoms with Crippen LogP contribution in [0.1, 0.15) is 12.5 Å². The van der Waals surface area contributed by atoms with E-state index in [1.165, 1.54) is 17.8 Å². The van der Waals surface area contributed by atoms with Crippen LogP contribution in [0.25, 0.3) is 0 Å². The number of nitrogens with two attached hydrogens (primary N) is 1. The summed E-state index contributed by atoms with van der Waals surface area (Å²) in [6.45, 7) is 1.88. The van der Waals surface area contributed by atoms with Crippen LogP contribution >= 0.6 is 23.4 Å². The maximum absolute atomic E-state index is 13.9. The molecule has 100 valence electrons. The Morgan fingerprint density at radius 1 is 1.21 bits per heavy atom. The van der Waals surface area contributed by atoms with Crippen molar-refractivity contribution in [3.05, 3.63) is 58.9 Å². The molecule has 2 aromatic carbocycles. The fourth-order valence-corrected chi connectivity index (χ4v) is 2.89. The first-order valence-corrected chi connectivity index (χ1v) is 7.22. The summed E-state index contributed by atoms with van der Waals surface area (Å²) in [5.74, 6) is -0.198. The quantitative estimate of drug-likeness (QED) is 0.897. The van der Waals surface area contributed by atoms with Gasteiger partial charge in [0.1, 0.15) is 5.82 Å². The molecule has 2 N–H and O–H groups in total. The molecule has 19 heavy (non-hydrogen) atoms. The molecule has 4 heteroatoms. The van der Waals surface area contributed by atoms with Gasteiger partial charge in [-0.1, -0.05) is 29.4 Å². The van der Waals surface area contributed by atoms with E-state index in [0.29, 0.717) is 17.0 Å². The predicted molar refractivity (Wildman–Crippen MR) is 79.3 cm³/mol. The topological polar surface area (TPSA) is 26.0 Å². The highest BCUT2D eigenvalue weighted by Crippen LogP contribution is 2.32. The van der Waals surface area contributed by atoms with E-state index in [4.69, 9.17) is 17.3 Å². The first kappa shape index (κ1) is 14.4. The minimum atomic E-state index is -0.198. The van der Waals surface area contributed by atoms with Crippen molar-refractivity contribution in [1.29, 1.82) is 0 Å². The summed E-state index contributed by atoms with van der Waals surface area (Å²) in [5, 5.41) is 0.694. The Labute approximate surface area is 122 Å². The second-order valence-electron chi connectivity index (χ2n) is 4.45. The van der Waals surface area contributed by atoms with E-state index in [0.717, 1.165) is 9.79 Å². The molecule has 1 nitrogen and oxygen atoms in total. The number of halogens is 2. The van der Waals surface area contributed by atoms with E-state index in [2.05, 4.69) is 0 Å². The maximum atomic E-state index is 13.9. The predicted octanol–water partition coefficient (Wildman–Crippen LogP) is 4.52. The van der Waals surface area contributed by atoms with Crippen LogP contribution in [0.5, 0.6) is 0 Å². The number of hydrogen-bond donors (Lipinski definition) is 1. The Morgan fingerprint density at radius 3 is 2.53 bits per heavy atom. The van der Waals surface area contributed by atoms with Crippen molar-refractivity contribution in [1.82, 2.24) is 0 Å². The lowest BCUT2D eigenvalue weighted by Gasteiger charge is -2.12. The minimum Gasteiger partial charge on any atom is -0.328 e. The number of hydrogen-bond acceptors (Lipinski definition) is 2. The minimum absolute atomic E-state index is 0.0681. The van der Waals surface area contributed by atoms with Crippen LogP contribution < -0.4 is 5.73 Å². The monoisotopic (exact) mass is 295 g/mol. The van der Waals surface area contributed by atoms with Crippen molar-refractivity contribution in [2.24, 2.45) is 5.73 Å². The third kappa shape index (κ3) is 3.96. The molecule has 0 aliphatic heterocycles. The molecule has 0 bridgehead atoms. The molecule has 0 saturated carbocycles. The Hall–Kier alpha value is -1.03. The van der Waals surface area contributed by atoms with Crippen LogP contribution in [-0.2, 0) is 6.42 Å². The molecule has 0 aliphatic rings. The zero-order valence-corrected chi connectivity index (χ0v) is 12.1. The summed E-state index contributed by atoms with van der Waals surface area (Å²) in [6, 6.07) is 12.5. The van der Waals surface area contributed by atoms with Gasteiger partial charge in [0, 0.05) is 26.4 Å². The molecule has 2 rings (SSSR count). The first-order valence-electron chi connectivity index (χ1n) is 6.02. The van der Waals surface area contributed by atoms with Gasteiger partial charge in [-0.25, -0.2) is 4.39 Å². The van der Waals surface area contributed by atoms with E-state index in [-0.39, 0.29) is 11.9 Å². The lowest BCUT2D eigenvalue weighted by Crippen LogP contribution is -2.19. The van der Waals surface area contributed by atoms with Gasteiger partial charge in [0.05, 0.1) is 0 Å². The van der Waals surface area contributed by atoms with Gasteiger partial charge in [0.15, 0.2) is 0 Å². The van der Waals surface area contributed by atoms with Gasteiger partial charge < -0.3 is 5.73 Å². The normalized spacial score (nSPS) is 12.4. The highest BCUT2D eigenvalue weighted by Gasteiger charge is 2.11. The molecular weight excluding hydrogens is 281 g/mol. The molecular formula is C15H15ClFNS. The lowest BCUT2D eigenvalue weighted by molar-refractivity contribution is 0.588. The second-order valence-corrected chi connectivity index (χ2v) is 6.01. The molecule has 0 fully saturated rings. The molecule has 0 spiro atoms. The molecule has 2 aromatic rings. The summed E-state index contributed by atoms with van der Waals surface area (Å²) in [4.78, 5) is 1.93. The third-order valence-corrected chi connectivity index (χ3v) is 4.01. The van der Waals surface area contributed by atoms with Gasteiger partial charge >= 0.3 is 0 Å². The van der Waals surface area contributed by atoms with Crippen LogP contribution in [0.15, 0.2) is 52.3 Å². The van der Waals surface area contributed by atoms with Crippen molar-refractivity contribution in [3.8, 4) is 0 Å². The molecule has 0 amide bonds. The van der Waals surface area contributed by atoms with Crippen LogP contribution in [0.2, 0.25) is 5.02 Å². The standard InChI is InChI=1S/C15H15ClFNS/c1-10(18)9-13-14(17)3-2-4-15(13)19-12-7-5-11(16)6-8-12/h2-8,10H,9,18H2,1H3. The molecule has 0 heterocycles. The lowest BCUT2D eigenvalue weighted by atomic mass is 10.1. The van der Waals surface area contributed by atoms with E-state index in [9.17, 15) is 4.39 Å². The molecule has 0 saturated heterocycles. The van der Waals surface area contributed by atoms with Crippen molar-refractivity contribution in [3.63, 3.8) is 0 Å². The van der Waals surface area contributed by atoms with Crippen LogP contribution in [0.3, 0.4) is 0 Å². The fourth-order valence-electron chi connectivity index (χ4n) is 1.78. The van der Waals surface area contributed by atoms with Crippen molar-refractivity contribution < 1.29 is 4.39 Å². The zero-order valence-electron chi connectivity index (χ0n) is 10.6. The van der Waals surface area contributed by atoms with Gasteiger partial charge in [-0.3, -0.25) is 0 Å². The van der Waals surface area contributed by atoms with E-state index in [1.807, 2.05) is 37.3 Å². The maximum Gasteiger partial charge on any atom is 0.127 e. The Morgan fingerprint density at radius 2 is 1.89 bits per heavy atom. The summed E-state index contributed by atoms with van der Waals surface area (Å²) < 4.78 is 13.9. The number of rotatable bonds is 4. The van der Waals surface area contributed by atoms with Gasteiger partial charge in [-0.05, 0) is 49.7 Å². The highest BCUT2D eigenvalue weighted by molar-refractivity contribution is 7.99. The molecule has 0 aliphatic carbocycles. The van der Waals surface area contributed by atoms with Crippen molar-refractivity contribution in [2.75, 3.05) is 0 Å². The largest absolute Gasteiger partial charge is 0.328 e. The van der Waals surface area contributed by atoms with Crippen LogP contribution in [0, 0.1) is 5.82 Å². The van der Waals surface area contributed by atoms with Crippen LogP contribution in [0.4, 0.5) is 4.39 Å². The number of benzene rings is 2. The summed E-state index contributed by atoms with van der Waals surface area (Å²) >= 11 is 7.38. The molecule has 0 radical (unpaired) electrons. The van der Waals surface area contributed by atoms with E-state index >= 15 is 0 Å². The van der Waals surface area contributed by atoms with Crippen molar-refractivity contribution >= 4 is 23.4 Å². The van der Waals surface area contributed by atoms with Gasteiger partial charge in [0.2, 0.25) is 0 Å². The summed E-state index contributed by atoms with van der Waals surface area (Å²) in [6.07, 6.45) is 0.530. The van der Waals surface area contributed by atoms with Crippen molar-refractivity contribution in [2.45, 2.75) is 29.2 Å². The summed E-state index contributed by atoms with van der Waals surface area (Å²) in [5.41, 5.74) is 6.46. The zero-order chi connectivity index (χ0) is 13.8. The average Bonchev–Trinajstić information content (AvgIpc) is 2.36. The van der Waals surface area contributed by atoms with Crippen LogP contribution in [-0.4, -0.2) is 6.04 Å². The molecule has 1 atom stereocenters. The first-order chi connectivity index (χ1) is 9.06. The van der Waals surface area contributed by atoms with Gasteiger partial charge in [-0.15, -0.1) is 0 Å². The summed E-state index contributed by atoms with van der Waals surface area (Å²) in [7, 11) is 0. The Balaban J connectivity index is 2.29. The second kappa shape index (κ2) is 6.42. The SMILES string of the molecule is CC(N)Cc1c(F)cccc1Sc1ccc(Cl)cc1. The van der Waals surface area contributed by atoms with Gasteiger partial charge in [0.25, 0.3) is 0 Å². The average molecular weight is 296 g/mol. The Bertz CT molecular complexity index is 555. The van der Waals surface area contributed by atoms with E-state index in [1.54, 1.807) is 6.07 Å². The smallest absolute Gasteiger partial charge is 0.127 e. The third-order valence-electron chi connectivity index (χ3n) is 2.64. The van der Waals surface area contributed by atoms with E-state index < -0.39 is 0 Å². The fraction of sp³-hybridized carbons (Fsp3) is 0.200. The molecule has 1 unspecified atom stereocenters. The Kier molecular flexibility index (Phi) is 4.86.